The first kappa shape index (κ1) is 21.2. The molecule has 0 saturated heterocycles. The standard InChI is InChI=1S/C21H24FNO5/c1-13(14-4-7-16(22)8-5-14)10-20(24)23-17(12-21(25)26)15-6-9-18(27-2)19(11-15)28-3/h4-9,11,13,17H,10,12H2,1-3H3,(H,23,24)(H,25,26). The van der Waals surface area contributed by atoms with E-state index in [-0.39, 0.29) is 30.5 Å². The molecule has 2 aromatic rings. The Labute approximate surface area is 163 Å². The molecule has 0 radical (unpaired) electrons. The van der Waals surface area contributed by atoms with Crippen LogP contribution in [0.4, 0.5) is 4.39 Å². The molecule has 2 rings (SSSR count). The lowest BCUT2D eigenvalue weighted by atomic mass is 9.96. The topological polar surface area (TPSA) is 84.9 Å². The number of hydrogen-bond acceptors (Lipinski definition) is 4. The van der Waals surface area contributed by atoms with Crippen LogP contribution in [0.2, 0.25) is 0 Å². The van der Waals surface area contributed by atoms with Gasteiger partial charge < -0.3 is 19.9 Å². The number of halogens is 1. The molecule has 0 saturated carbocycles. The number of ether oxygens (including phenoxy) is 2. The first-order chi connectivity index (χ1) is 13.3. The van der Waals surface area contributed by atoms with E-state index in [1.54, 1.807) is 30.3 Å². The zero-order valence-electron chi connectivity index (χ0n) is 16.1. The van der Waals surface area contributed by atoms with E-state index in [0.717, 1.165) is 5.56 Å². The van der Waals surface area contributed by atoms with Gasteiger partial charge >= 0.3 is 5.97 Å². The molecular weight excluding hydrogens is 365 g/mol. The first-order valence-electron chi connectivity index (χ1n) is 8.82. The molecule has 7 heteroatoms. The third kappa shape index (κ3) is 5.70. The SMILES string of the molecule is COc1ccc(C(CC(=O)O)NC(=O)CC(C)c2ccc(F)cc2)cc1OC. The molecule has 0 aromatic heterocycles. The molecule has 1 amide bonds. The number of hydrogen-bond donors (Lipinski definition) is 2. The molecule has 0 aliphatic rings. The largest absolute Gasteiger partial charge is 0.493 e. The lowest BCUT2D eigenvalue weighted by Crippen LogP contribution is -2.31. The van der Waals surface area contributed by atoms with Gasteiger partial charge in [-0.2, -0.15) is 0 Å². The highest BCUT2D eigenvalue weighted by Gasteiger charge is 2.21. The van der Waals surface area contributed by atoms with Crippen LogP contribution >= 0.6 is 0 Å². The molecule has 2 N–H and O–H groups in total. The van der Waals surface area contributed by atoms with Crippen molar-refractivity contribution >= 4 is 11.9 Å². The summed E-state index contributed by atoms with van der Waals surface area (Å²) in [5, 5.41) is 12.0. The van der Waals surface area contributed by atoms with E-state index in [2.05, 4.69) is 5.32 Å². The maximum atomic E-state index is 13.1. The molecule has 2 unspecified atom stereocenters. The van der Waals surface area contributed by atoms with Gasteiger partial charge in [-0.3, -0.25) is 9.59 Å². The van der Waals surface area contributed by atoms with Crippen molar-refractivity contribution in [3.63, 3.8) is 0 Å². The predicted molar refractivity (Wildman–Crippen MR) is 102 cm³/mol. The summed E-state index contributed by atoms with van der Waals surface area (Å²) in [4.78, 5) is 23.8. The fourth-order valence-corrected chi connectivity index (χ4v) is 2.94. The van der Waals surface area contributed by atoms with Crippen molar-refractivity contribution in [1.29, 1.82) is 0 Å². The lowest BCUT2D eigenvalue weighted by molar-refractivity contribution is -0.137. The van der Waals surface area contributed by atoms with Crippen molar-refractivity contribution in [2.45, 2.75) is 31.7 Å². The van der Waals surface area contributed by atoms with E-state index < -0.39 is 12.0 Å². The minimum absolute atomic E-state index is 0.142. The third-order valence-corrected chi connectivity index (χ3v) is 4.45. The number of amides is 1. The Bertz CT molecular complexity index is 822. The average molecular weight is 389 g/mol. The van der Waals surface area contributed by atoms with Crippen molar-refractivity contribution in [1.82, 2.24) is 5.32 Å². The lowest BCUT2D eigenvalue weighted by Gasteiger charge is -2.20. The minimum Gasteiger partial charge on any atom is -0.493 e. The molecule has 0 bridgehead atoms. The van der Waals surface area contributed by atoms with Crippen LogP contribution in [0.3, 0.4) is 0 Å². The first-order valence-corrected chi connectivity index (χ1v) is 8.82. The third-order valence-electron chi connectivity index (χ3n) is 4.45. The summed E-state index contributed by atoms with van der Waals surface area (Å²) < 4.78 is 23.5. The molecule has 0 aliphatic heterocycles. The highest BCUT2D eigenvalue weighted by molar-refractivity contribution is 5.78. The minimum atomic E-state index is -1.04. The average Bonchev–Trinajstić information content (AvgIpc) is 2.66. The van der Waals surface area contributed by atoms with Gasteiger partial charge in [-0.05, 0) is 41.3 Å². The number of carbonyl (C=O) groups is 2. The van der Waals surface area contributed by atoms with E-state index in [1.807, 2.05) is 6.92 Å². The number of carboxylic acids is 1. The number of aliphatic carboxylic acids is 1. The molecule has 6 nitrogen and oxygen atoms in total. The molecular formula is C21H24FNO5. The second-order valence-electron chi connectivity index (χ2n) is 6.49. The normalized spacial score (nSPS) is 12.7. The number of nitrogens with one attached hydrogen (secondary N) is 1. The predicted octanol–water partition coefficient (Wildman–Crippen LogP) is 3.67. The van der Waals surface area contributed by atoms with Gasteiger partial charge in [0.05, 0.1) is 26.7 Å². The van der Waals surface area contributed by atoms with E-state index in [0.29, 0.717) is 17.1 Å². The summed E-state index contributed by atoms with van der Waals surface area (Å²) in [6.07, 6.45) is -0.124. The van der Waals surface area contributed by atoms with Crippen LogP contribution in [0.5, 0.6) is 11.5 Å². The Hall–Kier alpha value is -3.09. The van der Waals surface area contributed by atoms with Gasteiger partial charge in [-0.25, -0.2) is 4.39 Å². The molecule has 0 heterocycles. The Morgan fingerprint density at radius 3 is 2.18 bits per heavy atom. The molecule has 0 spiro atoms. The second kappa shape index (κ2) is 9.73. The van der Waals surface area contributed by atoms with Crippen molar-refractivity contribution in [2.24, 2.45) is 0 Å². The van der Waals surface area contributed by atoms with Crippen molar-refractivity contribution in [3.8, 4) is 11.5 Å². The Morgan fingerprint density at radius 1 is 1.00 bits per heavy atom. The zero-order chi connectivity index (χ0) is 20.7. The van der Waals surface area contributed by atoms with Gasteiger partial charge in [0.1, 0.15) is 5.82 Å². The van der Waals surface area contributed by atoms with Gasteiger partial charge in [0.2, 0.25) is 5.91 Å². The molecule has 2 aromatic carbocycles. The van der Waals surface area contributed by atoms with E-state index in [4.69, 9.17) is 9.47 Å². The summed E-state index contributed by atoms with van der Waals surface area (Å²) in [6.45, 7) is 1.86. The number of benzene rings is 2. The number of rotatable bonds is 9. The van der Waals surface area contributed by atoms with Crippen LogP contribution in [-0.2, 0) is 9.59 Å². The van der Waals surface area contributed by atoms with E-state index in [9.17, 15) is 19.1 Å². The summed E-state index contributed by atoms with van der Waals surface area (Å²) in [6, 6.07) is 10.3. The zero-order valence-corrected chi connectivity index (χ0v) is 16.1. The van der Waals surface area contributed by atoms with Crippen molar-refractivity contribution < 1.29 is 28.6 Å². The molecule has 2 atom stereocenters. The smallest absolute Gasteiger partial charge is 0.305 e. The fourth-order valence-electron chi connectivity index (χ4n) is 2.94. The molecule has 0 aliphatic carbocycles. The summed E-state index contributed by atoms with van der Waals surface area (Å²) in [7, 11) is 2.99. The van der Waals surface area contributed by atoms with Crippen molar-refractivity contribution in [2.75, 3.05) is 14.2 Å². The Balaban J connectivity index is 2.14. The van der Waals surface area contributed by atoms with Crippen molar-refractivity contribution in [3.05, 3.63) is 59.4 Å². The Kier molecular flexibility index (Phi) is 7.37. The van der Waals surface area contributed by atoms with Gasteiger partial charge in [0.15, 0.2) is 11.5 Å². The number of carboxylic acid groups (broad SMARTS) is 1. The highest BCUT2D eigenvalue weighted by Crippen LogP contribution is 2.31. The van der Waals surface area contributed by atoms with Gasteiger partial charge in [-0.1, -0.05) is 25.1 Å². The monoisotopic (exact) mass is 389 g/mol. The van der Waals surface area contributed by atoms with Crippen LogP contribution in [0.1, 0.15) is 42.9 Å². The summed E-state index contributed by atoms with van der Waals surface area (Å²) >= 11 is 0. The van der Waals surface area contributed by atoms with Gasteiger partial charge in [0, 0.05) is 6.42 Å². The maximum absolute atomic E-state index is 13.1. The fraction of sp³-hybridized carbons (Fsp3) is 0.333. The highest BCUT2D eigenvalue weighted by atomic mass is 19.1. The summed E-state index contributed by atoms with van der Waals surface area (Å²) in [5.41, 5.74) is 1.43. The quantitative estimate of drug-likeness (QED) is 0.684. The summed E-state index contributed by atoms with van der Waals surface area (Å²) in [5.74, 6) is -0.850. The molecule has 0 fully saturated rings. The van der Waals surface area contributed by atoms with Crippen LogP contribution in [-0.4, -0.2) is 31.2 Å². The second-order valence-corrected chi connectivity index (χ2v) is 6.49. The van der Waals surface area contributed by atoms with E-state index >= 15 is 0 Å². The molecule has 28 heavy (non-hydrogen) atoms. The van der Waals surface area contributed by atoms with E-state index in [1.165, 1.54) is 26.4 Å². The van der Waals surface area contributed by atoms with Crippen LogP contribution in [0.15, 0.2) is 42.5 Å². The number of carbonyl (C=O) groups excluding carboxylic acids is 1. The maximum Gasteiger partial charge on any atom is 0.305 e. The van der Waals surface area contributed by atoms with Crippen LogP contribution < -0.4 is 14.8 Å². The Morgan fingerprint density at radius 2 is 1.61 bits per heavy atom. The molecule has 150 valence electrons. The van der Waals surface area contributed by atoms with Gasteiger partial charge in [0.25, 0.3) is 0 Å². The van der Waals surface area contributed by atoms with Gasteiger partial charge in [-0.15, -0.1) is 0 Å². The van der Waals surface area contributed by atoms with Crippen LogP contribution in [0, 0.1) is 5.82 Å². The van der Waals surface area contributed by atoms with Crippen LogP contribution in [0.25, 0.3) is 0 Å². The number of methoxy groups -OCH3 is 2.